The molecule has 1 aromatic heterocycles. The van der Waals surface area contributed by atoms with Crippen LogP contribution < -0.4 is 10.1 Å². The molecule has 1 atom stereocenters. The molecule has 0 spiro atoms. The van der Waals surface area contributed by atoms with Gasteiger partial charge in [-0.3, -0.25) is 0 Å². The highest BCUT2D eigenvalue weighted by atomic mass is 16.5. The van der Waals surface area contributed by atoms with Crippen molar-refractivity contribution in [2.75, 3.05) is 33.8 Å². The summed E-state index contributed by atoms with van der Waals surface area (Å²) in [6.45, 7) is 7.51. The van der Waals surface area contributed by atoms with Crippen LogP contribution in [-0.4, -0.2) is 48.7 Å². The molecule has 1 fully saturated rings. The number of likely N-dealkylation sites (N-methyl/N-ethyl adjacent to an activating group) is 1. The van der Waals surface area contributed by atoms with E-state index in [9.17, 15) is 0 Å². The average molecular weight is 264 g/mol. The minimum absolute atomic E-state index is 0.341. The lowest BCUT2D eigenvalue weighted by atomic mass is 9.97. The van der Waals surface area contributed by atoms with Crippen molar-refractivity contribution < 1.29 is 4.74 Å². The van der Waals surface area contributed by atoms with Crippen LogP contribution in [0.3, 0.4) is 0 Å². The Hall–Kier alpha value is -1.20. The Morgan fingerprint density at radius 1 is 1.42 bits per heavy atom. The monoisotopic (exact) mass is 264 g/mol. The first kappa shape index (κ1) is 14.2. The van der Waals surface area contributed by atoms with Crippen LogP contribution in [0.1, 0.15) is 43.5 Å². The van der Waals surface area contributed by atoms with E-state index >= 15 is 0 Å². The zero-order valence-electron chi connectivity index (χ0n) is 12.3. The maximum atomic E-state index is 5.14. The van der Waals surface area contributed by atoms with E-state index in [2.05, 4.69) is 41.1 Å². The molecule has 1 saturated heterocycles. The molecule has 0 bridgehead atoms. The number of aromatic nitrogens is 2. The average Bonchev–Trinajstić information content (AvgIpc) is 2.62. The van der Waals surface area contributed by atoms with Crippen LogP contribution in [0.15, 0.2) is 6.20 Å². The van der Waals surface area contributed by atoms with Gasteiger partial charge in [-0.25, -0.2) is 4.98 Å². The maximum absolute atomic E-state index is 5.14. The zero-order valence-corrected chi connectivity index (χ0v) is 12.3. The van der Waals surface area contributed by atoms with Gasteiger partial charge in [0.15, 0.2) is 0 Å². The van der Waals surface area contributed by atoms with E-state index in [-0.39, 0.29) is 0 Å². The van der Waals surface area contributed by atoms with Gasteiger partial charge in [-0.05, 0) is 25.9 Å². The molecule has 2 heterocycles. The Kier molecular flexibility index (Phi) is 4.71. The second kappa shape index (κ2) is 6.30. The van der Waals surface area contributed by atoms with Gasteiger partial charge in [-0.15, -0.1) is 0 Å². The van der Waals surface area contributed by atoms with Gasteiger partial charge < -0.3 is 15.0 Å². The summed E-state index contributed by atoms with van der Waals surface area (Å²) in [6, 6.07) is 0.798. The predicted octanol–water partition coefficient (Wildman–Crippen LogP) is 1.57. The predicted molar refractivity (Wildman–Crippen MR) is 75.5 cm³/mol. The first-order valence-corrected chi connectivity index (χ1v) is 6.94. The third-order valence-electron chi connectivity index (χ3n) is 3.61. The van der Waals surface area contributed by atoms with Gasteiger partial charge in [0.25, 0.3) is 0 Å². The molecule has 1 unspecified atom stereocenters. The minimum atomic E-state index is 0.341. The molecule has 1 N–H and O–H groups in total. The van der Waals surface area contributed by atoms with Crippen molar-refractivity contribution >= 4 is 0 Å². The molecule has 0 aromatic carbocycles. The van der Waals surface area contributed by atoms with Crippen molar-refractivity contribution in [1.82, 2.24) is 20.2 Å². The fourth-order valence-corrected chi connectivity index (χ4v) is 2.48. The fraction of sp³-hybridized carbons (Fsp3) is 0.714. The van der Waals surface area contributed by atoms with Crippen LogP contribution in [0.5, 0.6) is 6.01 Å². The maximum Gasteiger partial charge on any atom is 0.316 e. The minimum Gasteiger partial charge on any atom is -0.467 e. The molecule has 0 amide bonds. The summed E-state index contributed by atoms with van der Waals surface area (Å²) in [4.78, 5) is 11.2. The normalized spacial score (nSPS) is 21.4. The van der Waals surface area contributed by atoms with Crippen LogP contribution in [0.4, 0.5) is 0 Å². The van der Waals surface area contributed by atoms with E-state index in [1.807, 2.05) is 6.20 Å². The highest BCUT2D eigenvalue weighted by Gasteiger charge is 2.21. The smallest absolute Gasteiger partial charge is 0.316 e. The molecular weight excluding hydrogens is 240 g/mol. The number of hydrogen-bond donors (Lipinski definition) is 1. The van der Waals surface area contributed by atoms with Crippen molar-refractivity contribution in [2.45, 2.75) is 32.2 Å². The van der Waals surface area contributed by atoms with Gasteiger partial charge >= 0.3 is 6.01 Å². The number of ether oxygens (including phenoxy) is 1. The SMILES string of the molecule is COc1ncc(C2CCN(C)CCN2)c(C(C)C)n1. The van der Waals surface area contributed by atoms with E-state index in [0.29, 0.717) is 18.0 Å². The first-order chi connectivity index (χ1) is 9.11. The first-order valence-electron chi connectivity index (χ1n) is 6.94. The number of hydrogen-bond acceptors (Lipinski definition) is 5. The quantitative estimate of drug-likeness (QED) is 0.898. The number of nitrogens with one attached hydrogen (secondary N) is 1. The molecular formula is C14H24N4O. The lowest BCUT2D eigenvalue weighted by Gasteiger charge is -2.20. The molecule has 1 aliphatic rings. The van der Waals surface area contributed by atoms with Crippen molar-refractivity contribution in [2.24, 2.45) is 0 Å². The Balaban J connectivity index is 2.27. The summed E-state index contributed by atoms with van der Waals surface area (Å²) in [5.41, 5.74) is 2.31. The van der Waals surface area contributed by atoms with Gasteiger partial charge in [0, 0.05) is 30.9 Å². The Morgan fingerprint density at radius 2 is 2.21 bits per heavy atom. The van der Waals surface area contributed by atoms with Gasteiger partial charge in [0.1, 0.15) is 0 Å². The molecule has 1 aromatic rings. The zero-order chi connectivity index (χ0) is 13.8. The summed E-state index contributed by atoms with van der Waals surface area (Å²) in [6.07, 6.45) is 3.01. The molecule has 2 rings (SSSR count). The molecule has 0 aliphatic carbocycles. The molecule has 5 heteroatoms. The van der Waals surface area contributed by atoms with E-state index in [1.165, 1.54) is 5.56 Å². The van der Waals surface area contributed by atoms with Crippen molar-refractivity contribution in [1.29, 1.82) is 0 Å². The summed E-state index contributed by atoms with van der Waals surface area (Å²) < 4.78 is 5.14. The van der Waals surface area contributed by atoms with Crippen LogP contribution in [0, 0.1) is 0 Å². The van der Waals surface area contributed by atoms with E-state index in [1.54, 1.807) is 7.11 Å². The highest BCUT2D eigenvalue weighted by molar-refractivity contribution is 5.26. The van der Waals surface area contributed by atoms with Gasteiger partial charge in [-0.2, -0.15) is 4.98 Å². The van der Waals surface area contributed by atoms with Crippen molar-refractivity contribution in [3.05, 3.63) is 17.5 Å². The summed E-state index contributed by atoms with van der Waals surface area (Å²) in [5.74, 6) is 0.370. The lowest BCUT2D eigenvalue weighted by Crippen LogP contribution is -2.25. The Labute approximate surface area is 115 Å². The van der Waals surface area contributed by atoms with Crippen LogP contribution >= 0.6 is 0 Å². The second-order valence-electron chi connectivity index (χ2n) is 5.45. The molecule has 0 saturated carbocycles. The van der Waals surface area contributed by atoms with Gasteiger partial charge in [0.2, 0.25) is 0 Å². The summed E-state index contributed by atoms with van der Waals surface area (Å²) in [5, 5.41) is 3.60. The summed E-state index contributed by atoms with van der Waals surface area (Å²) in [7, 11) is 3.77. The second-order valence-corrected chi connectivity index (χ2v) is 5.45. The Morgan fingerprint density at radius 3 is 2.89 bits per heavy atom. The number of methoxy groups -OCH3 is 1. The molecule has 5 nitrogen and oxygen atoms in total. The molecule has 1 aliphatic heterocycles. The van der Waals surface area contributed by atoms with Gasteiger partial charge in [-0.1, -0.05) is 13.8 Å². The van der Waals surface area contributed by atoms with Gasteiger partial charge in [0.05, 0.1) is 12.8 Å². The van der Waals surface area contributed by atoms with Crippen LogP contribution in [0.2, 0.25) is 0 Å². The highest BCUT2D eigenvalue weighted by Crippen LogP contribution is 2.27. The third kappa shape index (κ3) is 3.42. The van der Waals surface area contributed by atoms with E-state index in [4.69, 9.17) is 4.74 Å². The van der Waals surface area contributed by atoms with Crippen LogP contribution in [-0.2, 0) is 0 Å². The fourth-order valence-electron chi connectivity index (χ4n) is 2.48. The summed E-state index contributed by atoms with van der Waals surface area (Å²) >= 11 is 0. The molecule has 106 valence electrons. The number of nitrogens with zero attached hydrogens (tertiary/aromatic N) is 3. The Bertz CT molecular complexity index is 422. The standard InChI is InChI=1S/C14H24N4O/c1-10(2)13-11(9-16-14(17-13)19-4)12-5-7-18(3)8-6-15-12/h9-10,12,15H,5-8H2,1-4H3. The third-order valence-corrected chi connectivity index (χ3v) is 3.61. The van der Waals surface area contributed by atoms with E-state index < -0.39 is 0 Å². The van der Waals surface area contributed by atoms with Crippen molar-refractivity contribution in [3.63, 3.8) is 0 Å². The van der Waals surface area contributed by atoms with Crippen LogP contribution in [0.25, 0.3) is 0 Å². The molecule has 19 heavy (non-hydrogen) atoms. The number of rotatable bonds is 3. The van der Waals surface area contributed by atoms with E-state index in [0.717, 1.165) is 31.7 Å². The lowest BCUT2D eigenvalue weighted by molar-refractivity contribution is 0.354. The van der Waals surface area contributed by atoms with Crippen molar-refractivity contribution in [3.8, 4) is 6.01 Å². The largest absolute Gasteiger partial charge is 0.467 e. The topological polar surface area (TPSA) is 50.3 Å². The molecule has 0 radical (unpaired) electrons.